The number of aromatic nitrogens is 3. The second-order valence-electron chi connectivity index (χ2n) is 6.44. The number of hydrogen-bond acceptors (Lipinski definition) is 4. The average molecular weight is 307 g/mol. The number of piperidine rings is 1. The van der Waals surface area contributed by atoms with E-state index in [0.29, 0.717) is 24.8 Å². The Bertz CT molecular complexity index is 546. The van der Waals surface area contributed by atoms with Gasteiger partial charge in [-0.1, -0.05) is 12.8 Å². The van der Waals surface area contributed by atoms with E-state index in [4.69, 9.17) is 0 Å². The molecule has 0 bridgehead atoms. The average Bonchev–Trinajstić information content (AvgIpc) is 3.19. The number of likely N-dealkylation sites (tertiary alicyclic amines) is 1. The van der Waals surface area contributed by atoms with Crippen LogP contribution in [-0.2, 0) is 11.2 Å². The summed E-state index contributed by atoms with van der Waals surface area (Å²) in [5, 5.41) is 9.14. The number of aromatic amines is 2. The van der Waals surface area contributed by atoms with E-state index in [-0.39, 0.29) is 17.5 Å². The van der Waals surface area contributed by atoms with Gasteiger partial charge in [0.1, 0.15) is 5.82 Å². The van der Waals surface area contributed by atoms with Gasteiger partial charge < -0.3 is 5.32 Å². The third-order valence-electron chi connectivity index (χ3n) is 4.88. The molecule has 2 fully saturated rings. The molecule has 1 saturated carbocycles. The van der Waals surface area contributed by atoms with E-state index in [1.54, 1.807) is 0 Å². The van der Waals surface area contributed by atoms with Crippen molar-refractivity contribution in [3.63, 3.8) is 0 Å². The van der Waals surface area contributed by atoms with Crippen LogP contribution in [0.25, 0.3) is 0 Å². The largest absolute Gasteiger partial charge is 0.355 e. The van der Waals surface area contributed by atoms with Gasteiger partial charge in [0.25, 0.3) is 0 Å². The van der Waals surface area contributed by atoms with Crippen molar-refractivity contribution in [3.05, 3.63) is 16.3 Å². The maximum Gasteiger partial charge on any atom is 0.340 e. The molecular formula is C15H25N5O2. The summed E-state index contributed by atoms with van der Waals surface area (Å²) >= 11 is 0. The van der Waals surface area contributed by atoms with Crippen molar-refractivity contribution in [1.29, 1.82) is 0 Å². The van der Waals surface area contributed by atoms with Gasteiger partial charge in [0.2, 0.25) is 5.91 Å². The zero-order valence-electron chi connectivity index (χ0n) is 12.9. The molecule has 0 aromatic carbocycles. The maximum atomic E-state index is 12.3. The zero-order valence-corrected chi connectivity index (χ0v) is 12.9. The van der Waals surface area contributed by atoms with Crippen molar-refractivity contribution in [1.82, 2.24) is 25.4 Å². The predicted molar refractivity (Wildman–Crippen MR) is 82.5 cm³/mol. The molecule has 7 nitrogen and oxygen atoms in total. The molecular weight excluding hydrogens is 282 g/mol. The van der Waals surface area contributed by atoms with E-state index < -0.39 is 0 Å². The van der Waals surface area contributed by atoms with E-state index in [0.717, 1.165) is 25.9 Å². The van der Waals surface area contributed by atoms with Gasteiger partial charge in [0, 0.05) is 25.6 Å². The van der Waals surface area contributed by atoms with Crippen LogP contribution in [0.4, 0.5) is 0 Å². The van der Waals surface area contributed by atoms with Crippen LogP contribution >= 0.6 is 0 Å². The lowest BCUT2D eigenvalue weighted by Gasteiger charge is -2.36. The van der Waals surface area contributed by atoms with E-state index in [1.807, 2.05) is 0 Å². The number of carbonyl (C=O) groups is 1. The lowest BCUT2D eigenvalue weighted by molar-refractivity contribution is -0.127. The summed E-state index contributed by atoms with van der Waals surface area (Å²) in [6.45, 7) is 2.55. The van der Waals surface area contributed by atoms with Gasteiger partial charge in [-0.3, -0.25) is 14.7 Å². The van der Waals surface area contributed by atoms with Crippen molar-refractivity contribution >= 4 is 5.91 Å². The lowest BCUT2D eigenvalue weighted by atomic mass is 9.95. The van der Waals surface area contributed by atoms with Crippen LogP contribution in [0, 0.1) is 5.92 Å². The fourth-order valence-corrected chi connectivity index (χ4v) is 3.69. The number of rotatable bonds is 5. The highest BCUT2D eigenvalue weighted by atomic mass is 16.2. The molecule has 0 unspecified atom stereocenters. The molecule has 1 atom stereocenters. The predicted octanol–water partition coefficient (Wildman–Crippen LogP) is 0.411. The topological polar surface area (TPSA) is 93.9 Å². The summed E-state index contributed by atoms with van der Waals surface area (Å²) in [6, 6.07) is 0.699. The van der Waals surface area contributed by atoms with Crippen molar-refractivity contribution in [2.45, 2.75) is 51.0 Å². The molecule has 2 aliphatic rings. The van der Waals surface area contributed by atoms with Crippen LogP contribution in [0.3, 0.4) is 0 Å². The fourth-order valence-electron chi connectivity index (χ4n) is 3.69. The van der Waals surface area contributed by atoms with E-state index in [2.05, 4.69) is 25.4 Å². The van der Waals surface area contributed by atoms with Gasteiger partial charge >= 0.3 is 5.69 Å². The molecule has 1 amide bonds. The minimum absolute atomic E-state index is 0.104. The van der Waals surface area contributed by atoms with E-state index in [9.17, 15) is 9.59 Å². The summed E-state index contributed by atoms with van der Waals surface area (Å²) in [5.74, 6) is 0.828. The van der Waals surface area contributed by atoms with Crippen LogP contribution in [0.15, 0.2) is 4.79 Å². The van der Waals surface area contributed by atoms with Gasteiger partial charge in [-0.2, -0.15) is 5.10 Å². The van der Waals surface area contributed by atoms with Crippen LogP contribution in [-0.4, -0.2) is 51.7 Å². The first-order chi connectivity index (χ1) is 10.7. The zero-order chi connectivity index (χ0) is 15.4. The van der Waals surface area contributed by atoms with Crippen molar-refractivity contribution in [2.75, 3.05) is 19.6 Å². The summed E-state index contributed by atoms with van der Waals surface area (Å²) in [4.78, 5) is 28.4. The number of carbonyl (C=O) groups excluding carboxylic acids is 1. The molecule has 0 radical (unpaired) electrons. The summed E-state index contributed by atoms with van der Waals surface area (Å²) in [5.41, 5.74) is -0.305. The second-order valence-corrected chi connectivity index (χ2v) is 6.44. The number of hydrogen-bond donors (Lipinski definition) is 3. The van der Waals surface area contributed by atoms with Crippen molar-refractivity contribution in [3.8, 4) is 0 Å². The normalized spacial score (nSPS) is 23.7. The number of amides is 1. The van der Waals surface area contributed by atoms with E-state index >= 15 is 0 Å². The van der Waals surface area contributed by atoms with Gasteiger partial charge in [-0.25, -0.2) is 9.89 Å². The Balaban J connectivity index is 1.43. The highest BCUT2D eigenvalue weighted by molar-refractivity contribution is 5.78. The van der Waals surface area contributed by atoms with Gasteiger partial charge in [0.05, 0.1) is 5.92 Å². The molecule has 7 heteroatoms. The molecule has 1 aliphatic heterocycles. The molecule has 0 spiro atoms. The number of nitrogens with zero attached hydrogens (tertiary/aromatic N) is 2. The van der Waals surface area contributed by atoms with Crippen molar-refractivity contribution < 1.29 is 4.79 Å². The minimum atomic E-state index is -0.305. The van der Waals surface area contributed by atoms with E-state index in [1.165, 1.54) is 25.7 Å². The first-order valence-electron chi connectivity index (χ1n) is 8.37. The Labute approximate surface area is 129 Å². The summed E-state index contributed by atoms with van der Waals surface area (Å²) in [7, 11) is 0. The Kier molecular flexibility index (Phi) is 4.92. The summed E-state index contributed by atoms with van der Waals surface area (Å²) in [6.07, 6.45) is 7.89. The van der Waals surface area contributed by atoms with Crippen LogP contribution in [0.1, 0.15) is 44.3 Å². The third kappa shape index (κ3) is 3.76. The molecule has 3 N–H and O–H groups in total. The molecule has 1 saturated heterocycles. The van der Waals surface area contributed by atoms with Crippen LogP contribution in [0.2, 0.25) is 0 Å². The lowest BCUT2D eigenvalue weighted by Crippen LogP contribution is -2.46. The third-order valence-corrected chi connectivity index (χ3v) is 4.88. The smallest absolute Gasteiger partial charge is 0.340 e. The quantitative estimate of drug-likeness (QED) is 0.734. The standard InChI is InChI=1S/C15H25N5O2/c21-14(16-8-7-13-17-15(22)19-18-13)11-4-3-9-20(10-11)12-5-1-2-6-12/h11-12H,1-10H2,(H,16,21)(H2,17,18,19,22)/t11-/m0/s1. The van der Waals surface area contributed by atoms with Gasteiger partial charge in [-0.05, 0) is 32.2 Å². The van der Waals surface area contributed by atoms with Crippen LogP contribution < -0.4 is 11.0 Å². The van der Waals surface area contributed by atoms with Crippen LogP contribution in [0.5, 0.6) is 0 Å². The Morgan fingerprint density at radius 2 is 2.09 bits per heavy atom. The maximum absolute atomic E-state index is 12.3. The molecule has 3 rings (SSSR count). The first kappa shape index (κ1) is 15.3. The highest BCUT2D eigenvalue weighted by Gasteiger charge is 2.30. The SMILES string of the molecule is O=C(NCCc1n[nH]c(=O)[nH]1)[C@H]1CCCN(C2CCCC2)C1. The van der Waals surface area contributed by atoms with Gasteiger partial charge in [0.15, 0.2) is 0 Å². The molecule has 1 aliphatic carbocycles. The molecule has 122 valence electrons. The number of nitrogens with one attached hydrogen (secondary N) is 3. The van der Waals surface area contributed by atoms with Gasteiger partial charge in [-0.15, -0.1) is 0 Å². The Morgan fingerprint density at radius 1 is 1.27 bits per heavy atom. The highest BCUT2D eigenvalue weighted by Crippen LogP contribution is 2.27. The molecule has 1 aromatic rings. The monoisotopic (exact) mass is 307 g/mol. The minimum Gasteiger partial charge on any atom is -0.355 e. The first-order valence-corrected chi connectivity index (χ1v) is 8.37. The Hall–Kier alpha value is -1.63. The molecule has 1 aromatic heterocycles. The Morgan fingerprint density at radius 3 is 2.82 bits per heavy atom. The summed E-state index contributed by atoms with van der Waals surface area (Å²) < 4.78 is 0. The fraction of sp³-hybridized carbons (Fsp3) is 0.800. The molecule has 2 heterocycles. The molecule has 22 heavy (non-hydrogen) atoms. The second kappa shape index (κ2) is 7.09. The van der Waals surface area contributed by atoms with Crippen molar-refractivity contribution in [2.24, 2.45) is 5.92 Å². The number of H-pyrrole nitrogens is 2.